The lowest BCUT2D eigenvalue weighted by Gasteiger charge is -2.42. The van der Waals surface area contributed by atoms with Gasteiger partial charge in [0.2, 0.25) is 0 Å². The van der Waals surface area contributed by atoms with Crippen LogP contribution in [0.2, 0.25) is 0 Å². The molecule has 0 aromatic carbocycles. The number of hydrogen-bond donors (Lipinski definition) is 2. The Morgan fingerprint density at radius 2 is 2.00 bits per heavy atom. The molecule has 1 aliphatic heterocycles. The largest absolute Gasteiger partial charge is 0.480 e. The predicted octanol–water partition coefficient (Wildman–Crippen LogP) is 2.87. The number of carboxylic acids is 1. The van der Waals surface area contributed by atoms with Crippen LogP contribution < -0.4 is 5.32 Å². The molecule has 2 fully saturated rings. The molecule has 2 rings (SSSR count). The van der Waals surface area contributed by atoms with E-state index in [4.69, 9.17) is 0 Å². The highest BCUT2D eigenvalue weighted by Gasteiger charge is 2.44. The van der Waals surface area contributed by atoms with Crippen molar-refractivity contribution in [2.24, 2.45) is 5.41 Å². The Morgan fingerprint density at radius 3 is 2.67 bits per heavy atom. The lowest BCUT2D eigenvalue weighted by atomic mass is 9.78. The van der Waals surface area contributed by atoms with Crippen molar-refractivity contribution in [1.29, 1.82) is 0 Å². The molecule has 0 aromatic heterocycles. The zero-order valence-corrected chi connectivity index (χ0v) is 14.0. The van der Waals surface area contributed by atoms with Gasteiger partial charge >= 0.3 is 5.97 Å². The van der Waals surface area contributed by atoms with E-state index >= 15 is 0 Å². The molecule has 2 unspecified atom stereocenters. The molecule has 0 amide bonds. The molecule has 21 heavy (non-hydrogen) atoms. The standard InChI is InChI=1S/C17H32N2O2/c1-4-18-17(15(20)21)9-5-7-14(13-17)19-11-6-8-16(2,3)10-12-19/h14,18H,4-13H2,1-3H3,(H,20,21). The fraction of sp³-hybridized carbons (Fsp3) is 0.941. The first kappa shape index (κ1) is 16.8. The van der Waals surface area contributed by atoms with E-state index in [0.29, 0.717) is 11.5 Å². The van der Waals surface area contributed by atoms with Crippen LogP contribution in [0.4, 0.5) is 0 Å². The number of carbonyl (C=O) groups is 1. The third kappa shape index (κ3) is 3.98. The topological polar surface area (TPSA) is 52.6 Å². The third-order valence-corrected chi connectivity index (χ3v) is 5.54. The Morgan fingerprint density at radius 1 is 1.24 bits per heavy atom. The lowest BCUT2D eigenvalue weighted by molar-refractivity contribution is -0.147. The molecule has 122 valence electrons. The quantitative estimate of drug-likeness (QED) is 0.837. The minimum atomic E-state index is -0.695. The van der Waals surface area contributed by atoms with Crippen molar-refractivity contribution in [3.63, 3.8) is 0 Å². The van der Waals surface area contributed by atoms with Crippen LogP contribution >= 0.6 is 0 Å². The first-order chi connectivity index (χ1) is 9.88. The molecule has 0 bridgehead atoms. The Labute approximate surface area is 129 Å². The van der Waals surface area contributed by atoms with Crippen molar-refractivity contribution >= 4 is 5.97 Å². The fourth-order valence-corrected chi connectivity index (χ4v) is 4.14. The fourth-order valence-electron chi connectivity index (χ4n) is 4.14. The van der Waals surface area contributed by atoms with E-state index in [0.717, 1.165) is 45.3 Å². The molecule has 2 aliphatic rings. The van der Waals surface area contributed by atoms with Gasteiger partial charge in [0, 0.05) is 6.04 Å². The summed E-state index contributed by atoms with van der Waals surface area (Å²) >= 11 is 0. The van der Waals surface area contributed by atoms with E-state index < -0.39 is 11.5 Å². The zero-order chi connectivity index (χ0) is 15.5. The molecule has 2 N–H and O–H groups in total. The van der Waals surface area contributed by atoms with Crippen LogP contribution in [-0.2, 0) is 4.79 Å². The van der Waals surface area contributed by atoms with Crippen molar-refractivity contribution in [3.05, 3.63) is 0 Å². The summed E-state index contributed by atoms with van der Waals surface area (Å²) in [7, 11) is 0. The number of likely N-dealkylation sites (N-methyl/N-ethyl adjacent to an activating group) is 1. The van der Waals surface area contributed by atoms with Crippen molar-refractivity contribution < 1.29 is 9.90 Å². The Bertz CT molecular complexity index is 366. The van der Waals surface area contributed by atoms with Gasteiger partial charge in [0.05, 0.1) is 0 Å². The summed E-state index contributed by atoms with van der Waals surface area (Å²) in [6.07, 6.45) is 7.45. The summed E-state index contributed by atoms with van der Waals surface area (Å²) < 4.78 is 0. The second-order valence-electron chi connectivity index (χ2n) is 7.72. The lowest BCUT2D eigenvalue weighted by Crippen LogP contribution is -2.58. The molecular formula is C17H32N2O2. The Hall–Kier alpha value is -0.610. The number of likely N-dealkylation sites (tertiary alicyclic amines) is 1. The summed E-state index contributed by atoms with van der Waals surface area (Å²) in [5.41, 5.74) is -0.255. The minimum absolute atomic E-state index is 0.433. The van der Waals surface area contributed by atoms with Crippen LogP contribution in [0.3, 0.4) is 0 Å². The average Bonchev–Trinajstić information content (AvgIpc) is 2.60. The highest BCUT2D eigenvalue weighted by molar-refractivity contribution is 5.79. The number of hydrogen-bond acceptors (Lipinski definition) is 3. The van der Waals surface area contributed by atoms with Crippen molar-refractivity contribution in [3.8, 4) is 0 Å². The molecule has 0 spiro atoms. The number of aliphatic carboxylic acids is 1. The van der Waals surface area contributed by atoms with Gasteiger partial charge in [-0.3, -0.25) is 4.79 Å². The molecule has 2 atom stereocenters. The van der Waals surface area contributed by atoms with Crippen LogP contribution in [0.15, 0.2) is 0 Å². The van der Waals surface area contributed by atoms with Gasteiger partial charge in [-0.1, -0.05) is 20.8 Å². The highest BCUT2D eigenvalue weighted by Crippen LogP contribution is 2.35. The summed E-state index contributed by atoms with van der Waals surface area (Å²) in [4.78, 5) is 14.4. The highest BCUT2D eigenvalue weighted by atomic mass is 16.4. The van der Waals surface area contributed by atoms with Gasteiger partial charge in [0.1, 0.15) is 5.54 Å². The van der Waals surface area contributed by atoms with Crippen LogP contribution in [0.1, 0.15) is 65.7 Å². The zero-order valence-electron chi connectivity index (χ0n) is 14.0. The first-order valence-corrected chi connectivity index (χ1v) is 8.61. The number of nitrogens with one attached hydrogen (secondary N) is 1. The summed E-state index contributed by atoms with van der Waals surface area (Å²) in [6, 6.07) is 0.433. The summed E-state index contributed by atoms with van der Waals surface area (Å²) in [5, 5.41) is 13.0. The SMILES string of the molecule is CCNC1(C(=O)O)CCCC(N2CCCC(C)(C)CC2)C1. The number of rotatable bonds is 4. The van der Waals surface area contributed by atoms with Crippen LogP contribution in [0.25, 0.3) is 0 Å². The summed E-state index contributed by atoms with van der Waals surface area (Å²) in [6.45, 7) is 9.71. The second-order valence-corrected chi connectivity index (χ2v) is 7.72. The van der Waals surface area contributed by atoms with Crippen LogP contribution in [-0.4, -0.2) is 47.2 Å². The van der Waals surface area contributed by atoms with Crippen molar-refractivity contribution in [1.82, 2.24) is 10.2 Å². The number of nitrogens with zero attached hydrogens (tertiary/aromatic N) is 1. The predicted molar refractivity (Wildman–Crippen MR) is 85.5 cm³/mol. The van der Waals surface area contributed by atoms with Crippen LogP contribution in [0, 0.1) is 5.41 Å². The molecule has 0 aromatic rings. The molecule has 1 saturated carbocycles. The Kier molecular flexibility index (Phi) is 5.31. The van der Waals surface area contributed by atoms with E-state index in [-0.39, 0.29) is 0 Å². The van der Waals surface area contributed by atoms with Gasteiger partial charge in [-0.15, -0.1) is 0 Å². The maximum absolute atomic E-state index is 11.8. The van der Waals surface area contributed by atoms with Gasteiger partial charge < -0.3 is 15.3 Å². The molecule has 1 aliphatic carbocycles. The minimum Gasteiger partial charge on any atom is -0.480 e. The Balaban J connectivity index is 2.04. The molecule has 4 nitrogen and oxygen atoms in total. The molecule has 0 radical (unpaired) electrons. The first-order valence-electron chi connectivity index (χ1n) is 8.61. The van der Waals surface area contributed by atoms with Gasteiger partial charge in [-0.2, -0.15) is 0 Å². The summed E-state index contributed by atoms with van der Waals surface area (Å²) in [5.74, 6) is -0.663. The maximum atomic E-state index is 11.8. The second kappa shape index (κ2) is 6.66. The maximum Gasteiger partial charge on any atom is 0.323 e. The van der Waals surface area contributed by atoms with E-state index in [9.17, 15) is 9.90 Å². The smallest absolute Gasteiger partial charge is 0.323 e. The van der Waals surface area contributed by atoms with Gasteiger partial charge in [-0.05, 0) is 70.0 Å². The van der Waals surface area contributed by atoms with Gasteiger partial charge in [0.25, 0.3) is 0 Å². The van der Waals surface area contributed by atoms with E-state index in [1.54, 1.807) is 0 Å². The van der Waals surface area contributed by atoms with Crippen LogP contribution in [0.5, 0.6) is 0 Å². The molecular weight excluding hydrogens is 264 g/mol. The molecule has 4 heteroatoms. The van der Waals surface area contributed by atoms with Crippen molar-refractivity contribution in [2.75, 3.05) is 19.6 Å². The van der Waals surface area contributed by atoms with E-state index in [1.807, 2.05) is 6.92 Å². The number of carboxylic acid groups (broad SMARTS) is 1. The van der Waals surface area contributed by atoms with Gasteiger partial charge in [-0.25, -0.2) is 0 Å². The monoisotopic (exact) mass is 296 g/mol. The van der Waals surface area contributed by atoms with Gasteiger partial charge in [0.15, 0.2) is 0 Å². The van der Waals surface area contributed by atoms with E-state index in [1.165, 1.54) is 19.3 Å². The molecule has 1 saturated heterocycles. The third-order valence-electron chi connectivity index (χ3n) is 5.54. The van der Waals surface area contributed by atoms with Crippen molar-refractivity contribution in [2.45, 2.75) is 77.3 Å². The van der Waals surface area contributed by atoms with E-state index in [2.05, 4.69) is 24.1 Å². The normalized spacial score (nSPS) is 34.3. The average molecular weight is 296 g/mol. The molecule has 1 heterocycles.